The maximum atomic E-state index is 14.0. The Morgan fingerprint density at radius 3 is 2.77 bits per heavy atom. The molecule has 0 bridgehead atoms. The molecule has 0 radical (unpaired) electrons. The zero-order chi connectivity index (χ0) is 18.7. The molecule has 1 aliphatic heterocycles. The fourth-order valence-electron chi connectivity index (χ4n) is 2.83. The van der Waals surface area contributed by atoms with E-state index in [1.165, 1.54) is 11.0 Å². The second-order valence-electron chi connectivity index (χ2n) is 6.69. The second kappa shape index (κ2) is 7.56. The molecule has 2 aromatic rings. The van der Waals surface area contributed by atoms with Gasteiger partial charge in [0.2, 0.25) is 5.91 Å². The molecule has 0 saturated heterocycles. The molecule has 136 valence electrons. The average Bonchev–Trinajstić information content (AvgIpc) is 2.58. The van der Waals surface area contributed by atoms with Gasteiger partial charge in [0.05, 0.1) is 12.2 Å². The van der Waals surface area contributed by atoms with E-state index < -0.39 is 0 Å². The number of carbonyl (C=O) groups is 2. The summed E-state index contributed by atoms with van der Waals surface area (Å²) < 4.78 is 19.5. The van der Waals surface area contributed by atoms with Gasteiger partial charge in [0.25, 0.3) is 5.91 Å². The number of rotatable bonds is 5. The van der Waals surface area contributed by atoms with Crippen LogP contribution < -0.4 is 15.0 Å². The zero-order valence-electron chi connectivity index (χ0n) is 14.8. The van der Waals surface area contributed by atoms with E-state index in [2.05, 4.69) is 5.32 Å². The number of nitrogens with one attached hydrogen (secondary N) is 1. The van der Waals surface area contributed by atoms with Crippen molar-refractivity contribution in [3.8, 4) is 5.75 Å². The van der Waals surface area contributed by atoms with Crippen LogP contribution in [0.1, 0.15) is 25.8 Å². The van der Waals surface area contributed by atoms with E-state index in [4.69, 9.17) is 4.74 Å². The van der Waals surface area contributed by atoms with E-state index in [1.54, 1.807) is 36.4 Å². The van der Waals surface area contributed by atoms with Crippen molar-refractivity contribution in [2.75, 3.05) is 16.8 Å². The summed E-state index contributed by atoms with van der Waals surface area (Å²) in [5.41, 5.74) is 1.51. The number of halogens is 1. The highest BCUT2D eigenvalue weighted by Crippen LogP contribution is 2.35. The number of carbonyl (C=O) groups excluding carboxylic acids is 2. The smallest absolute Gasteiger partial charge is 0.265 e. The minimum Gasteiger partial charge on any atom is -0.482 e. The van der Waals surface area contributed by atoms with Crippen molar-refractivity contribution < 1.29 is 18.7 Å². The standard InChI is InChI=1S/C20H21FN2O3/c1-13(2)9-19(24)22-15-7-8-18-17(10-15)23(20(25)12-26-18)11-14-5-3-4-6-16(14)21/h3-8,10,13H,9,11-12H2,1-2H3,(H,22,24). The molecule has 2 aromatic carbocycles. The molecular formula is C20H21FN2O3. The Morgan fingerprint density at radius 2 is 2.04 bits per heavy atom. The van der Waals surface area contributed by atoms with Gasteiger partial charge in [0, 0.05) is 17.7 Å². The van der Waals surface area contributed by atoms with Crippen LogP contribution in [0, 0.1) is 11.7 Å². The quantitative estimate of drug-likeness (QED) is 0.888. The number of fused-ring (bicyclic) bond motifs is 1. The Morgan fingerprint density at radius 1 is 1.27 bits per heavy atom. The Bertz CT molecular complexity index is 836. The first-order valence-corrected chi connectivity index (χ1v) is 8.54. The highest BCUT2D eigenvalue weighted by molar-refractivity contribution is 5.99. The van der Waals surface area contributed by atoms with Gasteiger partial charge in [-0.1, -0.05) is 32.0 Å². The molecule has 0 atom stereocenters. The summed E-state index contributed by atoms with van der Waals surface area (Å²) in [5, 5.41) is 2.83. The molecular weight excluding hydrogens is 335 g/mol. The lowest BCUT2D eigenvalue weighted by atomic mass is 10.1. The van der Waals surface area contributed by atoms with Gasteiger partial charge in [-0.05, 0) is 30.2 Å². The monoisotopic (exact) mass is 356 g/mol. The molecule has 0 aliphatic carbocycles. The lowest BCUT2D eigenvalue weighted by Crippen LogP contribution is -2.38. The van der Waals surface area contributed by atoms with Crippen molar-refractivity contribution in [1.82, 2.24) is 0 Å². The molecule has 0 aromatic heterocycles. The van der Waals surface area contributed by atoms with Gasteiger partial charge in [-0.15, -0.1) is 0 Å². The molecule has 0 fully saturated rings. The fraction of sp³-hybridized carbons (Fsp3) is 0.300. The summed E-state index contributed by atoms with van der Waals surface area (Å²) in [4.78, 5) is 25.8. The number of benzene rings is 2. The maximum Gasteiger partial charge on any atom is 0.265 e. The van der Waals surface area contributed by atoms with Gasteiger partial charge >= 0.3 is 0 Å². The molecule has 1 aliphatic rings. The predicted molar refractivity (Wildman–Crippen MR) is 97.6 cm³/mol. The minimum atomic E-state index is -0.366. The third kappa shape index (κ3) is 4.02. The highest BCUT2D eigenvalue weighted by atomic mass is 19.1. The van der Waals surface area contributed by atoms with Crippen molar-refractivity contribution in [3.63, 3.8) is 0 Å². The normalized spacial score (nSPS) is 13.4. The first-order valence-electron chi connectivity index (χ1n) is 8.54. The van der Waals surface area contributed by atoms with Crippen molar-refractivity contribution in [2.24, 2.45) is 5.92 Å². The molecule has 0 unspecified atom stereocenters. The number of hydrogen-bond donors (Lipinski definition) is 1. The molecule has 26 heavy (non-hydrogen) atoms. The topological polar surface area (TPSA) is 58.6 Å². The SMILES string of the molecule is CC(C)CC(=O)Nc1ccc2c(c1)N(Cc1ccccc1F)C(=O)CO2. The number of hydrogen-bond acceptors (Lipinski definition) is 3. The lowest BCUT2D eigenvalue weighted by Gasteiger charge is -2.30. The molecule has 3 rings (SSSR count). The predicted octanol–water partition coefficient (Wildman–Crippen LogP) is 3.74. The Balaban J connectivity index is 1.87. The van der Waals surface area contributed by atoms with Crippen LogP contribution in [0.25, 0.3) is 0 Å². The summed E-state index contributed by atoms with van der Waals surface area (Å²) >= 11 is 0. The molecule has 5 nitrogen and oxygen atoms in total. The van der Waals surface area contributed by atoms with Gasteiger partial charge < -0.3 is 15.0 Å². The Labute approximate surface area is 151 Å². The van der Waals surface area contributed by atoms with E-state index in [-0.39, 0.29) is 36.7 Å². The molecule has 1 N–H and O–H groups in total. The Kier molecular flexibility index (Phi) is 5.21. The number of anilines is 2. The number of nitrogens with zero attached hydrogens (tertiary/aromatic N) is 1. The summed E-state index contributed by atoms with van der Waals surface area (Å²) in [6, 6.07) is 11.5. The summed E-state index contributed by atoms with van der Waals surface area (Å²) in [5.74, 6) is 0.0580. The van der Waals surface area contributed by atoms with E-state index in [0.29, 0.717) is 29.1 Å². The van der Waals surface area contributed by atoms with E-state index in [9.17, 15) is 14.0 Å². The van der Waals surface area contributed by atoms with E-state index >= 15 is 0 Å². The van der Waals surface area contributed by atoms with Crippen LogP contribution in [0.5, 0.6) is 5.75 Å². The largest absolute Gasteiger partial charge is 0.482 e. The maximum absolute atomic E-state index is 14.0. The van der Waals surface area contributed by atoms with Crippen LogP contribution in [0.4, 0.5) is 15.8 Å². The summed E-state index contributed by atoms with van der Waals surface area (Å²) in [6.45, 7) is 3.94. The van der Waals surface area contributed by atoms with Crippen LogP contribution in [0.15, 0.2) is 42.5 Å². The first kappa shape index (κ1) is 17.9. The van der Waals surface area contributed by atoms with Gasteiger partial charge in [0.1, 0.15) is 11.6 Å². The van der Waals surface area contributed by atoms with Crippen LogP contribution in [0.2, 0.25) is 0 Å². The third-order valence-corrected chi connectivity index (χ3v) is 4.07. The highest BCUT2D eigenvalue weighted by Gasteiger charge is 2.27. The van der Waals surface area contributed by atoms with Crippen LogP contribution in [-0.2, 0) is 16.1 Å². The van der Waals surface area contributed by atoms with Gasteiger partial charge in [-0.25, -0.2) is 4.39 Å². The molecule has 2 amide bonds. The summed E-state index contributed by atoms with van der Waals surface area (Å²) in [7, 11) is 0. The first-order chi connectivity index (χ1) is 12.4. The number of amides is 2. The van der Waals surface area contributed by atoms with Crippen molar-refractivity contribution in [1.29, 1.82) is 0 Å². The zero-order valence-corrected chi connectivity index (χ0v) is 14.8. The minimum absolute atomic E-state index is 0.0938. The Hall–Kier alpha value is -2.89. The van der Waals surface area contributed by atoms with Gasteiger partial charge in [-0.3, -0.25) is 9.59 Å². The molecule has 0 spiro atoms. The lowest BCUT2D eigenvalue weighted by molar-refractivity contribution is -0.121. The van der Waals surface area contributed by atoms with Crippen LogP contribution in [0.3, 0.4) is 0 Å². The number of ether oxygens (including phenoxy) is 1. The van der Waals surface area contributed by atoms with Gasteiger partial charge in [-0.2, -0.15) is 0 Å². The summed E-state index contributed by atoms with van der Waals surface area (Å²) in [6.07, 6.45) is 0.408. The third-order valence-electron chi connectivity index (χ3n) is 4.07. The van der Waals surface area contributed by atoms with Crippen molar-refractivity contribution in [3.05, 3.63) is 53.8 Å². The molecule has 0 saturated carbocycles. The van der Waals surface area contributed by atoms with Crippen LogP contribution in [-0.4, -0.2) is 18.4 Å². The van der Waals surface area contributed by atoms with E-state index in [1.807, 2.05) is 13.8 Å². The van der Waals surface area contributed by atoms with Crippen molar-refractivity contribution in [2.45, 2.75) is 26.8 Å². The average molecular weight is 356 g/mol. The molecule has 6 heteroatoms. The van der Waals surface area contributed by atoms with E-state index in [0.717, 1.165) is 0 Å². The van der Waals surface area contributed by atoms with Crippen molar-refractivity contribution >= 4 is 23.2 Å². The fourth-order valence-corrected chi connectivity index (χ4v) is 2.83. The second-order valence-corrected chi connectivity index (χ2v) is 6.69. The molecule has 1 heterocycles. The van der Waals surface area contributed by atoms with Crippen LogP contribution >= 0.6 is 0 Å². The van der Waals surface area contributed by atoms with Gasteiger partial charge in [0.15, 0.2) is 6.61 Å².